The quantitative estimate of drug-likeness (QED) is 0.653. The van der Waals surface area contributed by atoms with E-state index in [1.54, 1.807) is 0 Å². The third-order valence-corrected chi connectivity index (χ3v) is 1.95. The molecule has 0 radical (unpaired) electrons. The van der Waals surface area contributed by atoms with Crippen LogP contribution in [0.1, 0.15) is 27.2 Å². The lowest BCUT2D eigenvalue weighted by atomic mass is 10.0. The molecule has 0 rings (SSSR count). The summed E-state index contributed by atoms with van der Waals surface area (Å²) < 4.78 is 0. The molecule has 0 spiro atoms. The van der Waals surface area contributed by atoms with Crippen LogP contribution in [0.15, 0.2) is 12.2 Å². The molecule has 0 aliphatic rings. The molecule has 0 saturated heterocycles. The van der Waals surface area contributed by atoms with Crippen LogP contribution in [0.3, 0.4) is 0 Å². The van der Waals surface area contributed by atoms with E-state index >= 15 is 0 Å². The van der Waals surface area contributed by atoms with Crippen molar-refractivity contribution in [3.05, 3.63) is 12.2 Å². The predicted molar refractivity (Wildman–Crippen MR) is 53.8 cm³/mol. The van der Waals surface area contributed by atoms with Crippen LogP contribution in [0.5, 0.6) is 0 Å². The van der Waals surface area contributed by atoms with Gasteiger partial charge >= 0.3 is 5.97 Å². The molecule has 1 amide bonds. The molecule has 0 aromatic carbocycles. The number of nitrogens with one attached hydrogen (secondary N) is 1. The standard InChI is InChI=1S/C10H17NO3/c1-4-8(7(2)3)11-9(12)5-6-10(13)14/h5-8H,4H2,1-3H3,(H,11,12)(H,13,14). The largest absolute Gasteiger partial charge is 0.478 e. The van der Waals surface area contributed by atoms with Crippen LogP contribution in [0.4, 0.5) is 0 Å². The van der Waals surface area contributed by atoms with Gasteiger partial charge in [-0.2, -0.15) is 0 Å². The average Bonchev–Trinajstić information content (AvgIpc) is 2.10. The summed E-state index contributed by atoms with van der Waals surface area (Å²) in [5.41, 5.74) is 0. The smallest absolute Gasteiger partial charge is 0.328 e. The molecule has 0 aromatic heterocycles. The van der Waals surface area contributed by atoms with Gasteiger partial charge in [0.1, 0.15) is 0 Å². The first-order valence-electron chi connectivity index (χ1n) is 4.68. The van der Waals surface area contributed by atoms with Crippen molar-refractivity contribution in [2.24, 2.45) is 5.92 Å². The molecular weight excluding hydrogens is 182 g/mol. The number of carbonyl (C=O) groups excluding carboxylic acids is 1. The Kier molecular flexibility index (Phi) is 5.60. The van der Waals surface area contributed by atoms with Gasteiger partial charge in [0.15, 0.2) is 0 Å². The first-order valence-corrected chi connectivity index (χ1v) is 4.68. The van der Waals surface area contributed by atoms with E-state index in [9.17, 15) is 9.59 Å². The van der Waals surface area contributed by atoms with Crippen LogP contribution in [-0.4, -0.2) is 23.0 Å². The molecule has 0 aromatic rings. The van der Waals surface area contributed by atoms with E-state index in [0.717, 1.165) is 18.6 Å². The summed E-state index contributed by atoms with van der Waals surface area (Å²) in [6.07, 6.45) is 2.71. The number of carboxylic acid groups (broad SMARTS) is 1. The Morgan fingerprint density at radius 3 is 2.29 bits per heavy atom. The van der Waals surface area contributed by atoms with Gasteiger partial charge in [0.2, 0.25) is 5.91 Å². The van der Waals surface area contributed by atoms with Gasteiger partial charge < -0.3 is 10.4 Å². The first-order chi connectivity index (χ1) is 6.47. The van der Waals surface area contributed by atoms with E-state index in [2.05, 4.69) is 5.32 Å². The zero-order valence-electron chi connectivity index (χ0n) is 8.78. The highest BCUT2D eigenvalue weighted by Gasteiger charge is 2.11. The lowest BCUT2D eigenvalue weighted by molar-refractivity contribution is -0.131. The second kappa shape index (κ2) is 6.18. The Morgan fingerprint density at radius 2 is 1.93 bits per heavy atom. The van der Waals surface area contributed by atoms with Crippen molar-refractivity contribution in [1.82, 2.24) is 5.32 Å². The van der Waals surface area contributed by atoms with E-state index in [0.29, 0.717) is 5.92 Å². The van der Waals surface area contributed by atoms with Gasteiger partial charge in [-0.15, -0.1) is 0 Å². The minimum absolute atomic E-state index is 0.0981. The fraction of sp³-hybridized carbons (Fsp3) is 0.600. The molecule has 14 heavy (non-hydrogen) atoms. The number of aliphatic carboxylic acids is 1. The molecule has 0 aliphatic heterocycles. The summed E-state index contributed by atoms with van der Waals surface area (Å²) in [7, 11) is 0. The minimum Gasteiger partial charge on any atom is -0.478 e. The lowest BCUT2D eigenvalue weighted by Crippen LogP contribution is -2.37. The predicted octanol–water partition coefficient (Wildman–Crippen LogP) is 1.18. The van der Waals surface area contributed by atoms with E-state index in [4.69, 9.17) is 5.11 Å². The van der Waals surface area contributed by atoms with Crippen LogP contribution < -0.4 is 5.32 Å². The third kappa shape index (κ3) is 5.35. The Balaban J connectivity index is 4.10. The van der Waals surface area contributed by atoms with Crippen molar-refractivity contribution >= 4 is 11.9 Å². The summed E-state index contributed by atoms with van der Waals surface area (Å²) in [6, 6.07) is 0.0981. The number of carboxylic acids is 1. The average molecular weight is 199 g/mol. The van der Waals surface area contributed by atoms with Crippen LogP contribution in [0.25, 0.3) is 0 Å². The van der Waals surface area contributed by atoms with Crippen LogP contribution in [0.2, 0.25) is 0 Å². The molecule has 0 aliphatic carbocycles. The van der Waals surface area contributed by atoms with Gasteiger partial charge in [-0.3, -0.25) is 4.79 Å². The van der Waals surface area contributed by atoms with Crippen molar-refractivity contribution < 1.29 is 14.7 Å². The van der Waals surface area contributed by atoms with Crippen molar-refractivity contribution in [2.45, 2.75) is 33.2 Å². The number of rotatable bonds is 5. The second-order valence-electron chi connectivity index (χ2n) is 3.44. The highest BCUT2D eigenvalue weighted by atomic mass is 16.4. The molecule has 0 fully saturated rings. The van der Waals surface area contributed by atoms with Gasteiger partial charge in [0.25, 0.3) is 0 Å². The molecular formula is C10H17NO3. The van der Waals surface area contributed by atoms with Crippen LogP contribution in [-0.2, 0) is 9.59 Å². The van der Waals surface area contributed by atoms with Gasteiger partial charge in [0.05, 0.1) is 0 Å². The maximum absolute atomic E-state index is 11.2. The van der Waals surface area contributed by atoms with E-state index in [1.807, 2.05) is 20.8 Å². The van der Waals surface area contributed by atoms with Crippen molar-refractivity contribution in [3.8, 4) is 0 Å². The number of carbonyl (C=O) groups is 2. The Morgan fingerprint density at radius 1 is 1.36 bits per heavy atom. The first kappa shape index (κ1) is 12.7. The van der Waals surface area contributed by atoms with Crippen molar-refractivity contribution in [1.29, 1.82) is 0 Å². The summed E-state index contributed by atoms with van der Waals surface area (Å²) >= 11 is 0. The molecule has 1 unspecified atom stereocenters. The topological polar surface area (TPSA) is 66.4 Å². The zero-order valence-corrected chi connectivity index (χ0v) is 8.78. The Labute approximate surface area is 84.0 Å². The molecule has 4 heteroatoms. The molecule has 80 valence electrons. The van der Waals surface area contributed by atoms with Gasteiger partial charge in [-0.05, 0) is 12.3 Å². The Bertz CT molecular complexity index is 234. The number of hydrogen-bond donors (Lipinski definition) is 2. The second-order valence-corrected chi connectivity index (χ2v) is 3.44. The fourth-order valence-electron chi connectivity index (χ4n) is 1.12. The van der Waals surface area contributed by atoms with E-state index < -0.39 is 5.97 Å². The van der Waals surface area contributed by atoms with E-state index in [1.165, 1.54) is 0 Å². The van der Waals surface area contributed by atoms with E-state index in [-0.39, 0.29) is 11.9 Å². The summed E-state index contributed by atoms with van der Waals surface area (Å²) in [6.45, 7) is 6.00. The van der Waals surface area contributed by atoms with Crippen LogP contribution >= 0.6 is 0 Å². The zero-order chi connectivity index (χ0) is 11.1. The molecule has 0 saturated carbocycles. The van der Waals surface area contributed by atoms with Gasteiger partial charge in [-0.25, -0.2) is 4.79 Å². The fourth-order valence-corrected chi connectivity index (χ4v) is 1.12. The summed E-state index contributed by atoms with van der Waals surface area (Å²) in [5, 5.41) is 11.0. The third-order valence-electron chi connectivity index (χ3n) is 1.95. The van der Waals surface area contributed by atoms with Crippen molar-refractivity contribution in [3.63, 3.8) is 0 Å². The van der Waals surface area contributed by atoms with Crippen molar-refractivity contribution in [2.75, 3.05) is 0 Å². The summed E-state index contributed by atoms with van der Waals surface area (Å²) in [4.78, 5) is 21.3. The molecule has 0 bridgehead atoms. The molecule has 2 N–H and O–H groups in total. The number of amides is 1. The highest BCUT2D eigenvalue weighted by molar-refractivity contribution is 5.93. The normalized spacial score (nSPS) is 13.1. The lowest BCUT2D eigenvalue weighted by Gasteiger charge is -2.19. The maximum Gasteiger partial charge on any atom is 0.328 e. The van der Waals surface area contributed by atoms with Gasteiger partial charge in [-0.1, -0.05) is 20.8 Å². The molecule has 0 heterocycles. The summed E-state index contributed by atoms with van der Waals surface area (Å²) in [5.74, 6) is -1.12. The highest BCUT2D eigenvalue weighted by Crippen LogP contribution is 2.04. The molecule has 4 nitrogen and oxygen atoms in total. The monoisotopic (exact) mass is 199 g/mol. The van der Waals surface area contributed by atoms with Crippen LogP contribution in [0, 0.1) is 5.92 Å². The Hall–Kier alpha value is -1.32. The molecule has 1 atom stereocenters. The number of hydrogen-bond acceptors (Lipinski definition) is 2. The minimum atomic E-state index is -1.11. The maximum atomic E-state index is 11.2. The van der Waals surface area contributed by atoms with Gasteiger partial charge in [0, 0.05) is 18.2 Å². The SMILES string of the molecule is CCC(NC(=O)C=CC(=O)O)C(C)C.